The van der Waals surface area contributed by atoms with Crippen molar-refractivity contribution in [3.05, 3.63) is 54.1 Å². The molecule has 0 fully saturated rings. The van der Waals surface area contributed by atoms with Gasteiger partial charge in [0.1, 0.15) is 22.3 Å². The summed E-state index contributed by atoms with van der Waals surface area (Å²) < 4.78 is 93.0. The van der Waals surface area contributed by atoms with Gasteiger partial charge in [-0.15, -0.1) is 13.2 Å². The van der Waals surface area contributed by atoms with Crippen molar-refractivity contribution >= 4 is 15.7 Å². The first-order valence-corrected chi connectivity index (χ1v) is 7.39. The molecule has 0 atom stereocenters. The Balaban J connectivity index is 2.42. The molecule has 0 saturated heterocycles. The molecule has 0 aliphatic carbocycles. The molecule has 0 bridgehead atoms. The van der Waals surface area contributed by atoms with Crippen LogP contribution < -0.4 is 9.46 Å². The van der Waals surface area contributed by atoms with Gasteiger partial charge in [0.05, 0.1) is 5.69 Å². The van der Waals surface area contributed by atoms with Crippen LogP contribution in [-0.4, -0.2) is 14.8 Å². The van der Waals surface area contributed by atoms with Gasteiger partial charge >= 0.3 is 6.36 Å². The molecule has 0 aromatic heterocycles. The summed E-state index contributed by atoms with van der Waals surface area (Å²) in [5, 5.41) is 0. The minimum atomic E-state index is -5.12. The molecule has 2 aromatic carbocycles. The summed E-state index contributed by atoms with van der Waals surface area (Å²) in [4.78, 5) is -0.874. The van der Waals surface area contributed by atoms with E-state index in [0.29, 0.717) is 12.1 Å². The van der Waals surface area contributed by atoms with E-state index in [2.05, 4.69) is 4.74 Å². The van der Waals surface area contributed by atoms with Crippen LogP contribution in [0.15, 0.2) is 47.4 Å². The lowest BCUT2D eigenvalue weighted by molar-refractivity contribution is -0.275. The van der Waals surface area contributed by atoms with Gasteiger partial charge in [0.25, 0.3) is 10.0 Å². The fourth-order valence-electron chi connectivity index (χ4n) is 1.66. The molecule has 4 nitrogen and oxygen atoms in total. The molecule has 0 aliphatic heterocycles. The number of nitrogens with one attached hydrogen (secondary N) is 1. The Bertz CT molecular complexity index is 821. The van der Waals surface area contributed by atoms with Gasteiger partial charge in [0, 0.05) is 6.07 Å². The minimum absolute atomic E-state index is 0.556. The lowest BCUT2D eigenvalue weighted by Crippen LogP contribution is -2.21. The highest BCUT2D eigenvalue weighted by Gasteiger charge is 2.34. The van der Waals surface area contributed by atoms with Crippen molar-refractivity contribution in [2.24, 2.45) is 0 Å². The predicted octanol–water partition coefficient (Wildman–Crippen LogP) is 3.66. The van der Waals surface area contributed by atoms with Crippen molar-refractivity contribution in [3.63, 3.8) is 0 Å². The lowest BCUT2D eigenvalue weighted by Gasteiger charge is -2.14. The Morgan fingerprint density at radius 1 is 1.00 bits per heavy atom. The first kappa shape index (κ1) is 17.0. The molecule has 0 aliphatic rings. The highest BCUT2D eigenvalue weighted by atomic mass is 32.2. The number of hydrogen-bond acceptors (Lipinski definition) is 3. The fraction of sp³-hybridized carbons (Fsp3) is 0.0769. The zero-order valence-electron chi connectivity index (χ0n) is 11.1. The van der Waals surface area contributed by atoms with Crippen LogP contribution >= 0.6 is 0 Å². The maximum Gasteiger partial charge on any atom is 0.573 e. The number of benzene rings is 2. The van der Waals surface area contributed by atoms with Crippen LogP contribution in [-0.2, 0) is 10.0 Å². The van der Waals surface area contributed by atoms with E-state index in [9.17, 15) is 30.4 Å². The molecular formula is C13H8F5NO3S. The van der Waals surface area contributed by atoms with Gasteiger partial charge in [-0.25, -0.2) is 17.2 Å². The number of sulfonamides is 1. The molecule has 0 radical (unpaired) electrons. The molecule has 0 heterocycles. The third kappa shape index (κ3) is 4.31. The summed E-state index contributed by atoms with van der Waals surface area (Å²) in [6, 6.07) is 5.88. The second-order valence-electron chi connectivity index (χ2n) is 4.22. The van der Waals surface area contributed by atoms with Crippen molar-refractivity contribution in [2.45, 2.75) is 11.3 Å². The van der Waals surface area contributed by atoms with Crippen molar-refractivity contribution in [1.82, 2.24) is 0 Å². The normalized spacial score (nSPS) is 12.0. The van der Waals surface area contributed by atoms with Crippen molar-refractivity contribution in [1.29, 1.82) is 0 Å². The zero-order valence-corrected chi connectivity index (χ0v) is 11.9. The quantitative estimate of drug-likeness (QED) is 0.854. The molecule has 1 N–H and O–H groups in total. The van der Waals surface area contributed by atoms with Crippen LogP contribution in [0.2, 0.25) is 0 Å². The van der Waals surface area contributed by atoms with E-state index in [0.717, 1.165) is 30.3 Å². The maximum absolute atomic E-state index is 13.5. The van der Waals surface area contributed by atoms with E-state index in [-0.39, 0.29) is 0 Å². The summed E-state index contributed by atoms with van der Waals surface area (Å²) >= 11 is 0. The average molecular weight is 353 g/mol. The number of ether oxygens (including phenoxy) is 1. The lowest BCUT2D eigenvalue weighted by atomic mass is 10.3. The second-order valence-corrected chi connectivity index (χ2v) is 5.88. The maximum atomic E-state index is 13.5. The van der Waals surface area contributed by atoms with Gasteiger partial charge in [-0.05, 0) is 24.3 Å². The van der Waals surface area contributed by atoms with Crippen LogP contribution in [0, 0.1) is 11.6 Å². The van der Waals surface area contributed by atoms with Crippen LogP contribution in [0.5, 0.6) is 5.75 Å². The van der Waals surface area contributed by atoms with Gasteiger partial charge in [-0.2, -0.15) is 0 Å². The molecule has 10 heteroatoms. The number of hydrogen-bond donors (Lipinski definition) is 1. The van der Waals surface area contributed by atoms with E-state index >= 15 is 0 Å². The largest absolute Gasteiger partial charge is 0.573 e. The first-order valence-electron chi connectivity index (χ1n) is 5.91. The minimum Gasteiger partial charge on any atom is -0.404 e. The summed E-state index contributed by atoms with van der Waals surface area (Å²) in [6.07, 6.45) is -5.12. The van der Waals surface area contributed by atoms with Crippen LogP contribution in [0.25, 0.3) is 0 Å². The summed E-state index contributed by atoms with van der Waals surface area (Å²) in [5.41, 5.74) is -0.744. The Hall–Kier alpha value is -2.36. The molecule has 0 saturated carbocycles. The molecule has 2 rings (SSSR count). The number of rotatable bonds is 4. The van der Waals surface area contributed by atoms with E-state index in [4.69, 9.17) is 0 Å². The van der Waals surface area contributed by atoms with E-state index in [1.165, 1.54) is 0 Å². The summed E-state index contributed by atoms with van der Waals surface area (Å²) in [7, 11) is -4.64. The van der Waals surface area contributed by atoms with E-state index in [1.807, 2.05) is 0 Å². The van der Waals surface area contributed by atoms with Crippen LogP contribution in [0.1, 0.15) is 0 Å². The smallest absolute Gasteiger partial charge is 0.404 e. The van der Waals surface area contributed by atoms with Gasteiger partial charge < -0.3 is 4.74 Å². The van der Waals surface area contributed by atoms with Crippen LogP contribution in [0.3, 0.4) is 0 Å². The molecule has 0 unspecified atom stereocenters. The van der Waals surface area contributed by atoms with Gasteiger partial charge in [0.15, 0.2) is 0 Å². The average Bonchev–Trinajstić information content (AvgIpc) is 2.41. The summed E-state index contributed by atoms with van der Waals surface area (Å²) in [5.74, 6) is -3.02. The highest BCUT2D eigenvalue weighted by molar-refractivity contribution is 7.92. The number of anilines is 1. The summed E-state index contributed by atoms with van der Waals surface area (Å²) in [6.45, 7) is 0. The Morgan fingerprint density at radius 2 is 1.65 bits per heavy atom. The molecule has 124 valence electrons. The molecule has 0 spiro atoms. The standard InChI is InChI=1S/C13H8F5NO3S/c14-8-5-6-9(15)10(7-8)19-23(20,21)12-4-2-1-3-11(12)22-13(16,17)18/h1-7,19H. The number of para-hydroxylation sites is 1. The van der Waals surface area contributed by atoms with Crippen molar-refractivity contribution in [2.75, 3.05) is 4.72 Å². The molecular weight excluding hydrogens is 345 g/mol. The van der Waals surface area contributed by atoms with Gasteiger partial charge in [0.2, 0.25) is 0 Å². The Morgan fingerprint density at radius 3 is 2.30 bits per heavy atom. The van der Waals surface area contributed by atoms with Gasteiger partial charge in [-0.3, -0.25) is 4.72 Å². The van der Waals surface area contributed by atoms with Crippen LogP contribution in [0.4, 0.5) is 27.6 Å². The first-order chi connectivity index (χ1) is 10.6. The second kappa shape index (κ2) is 6.03. The topological polar surface area (TPSA) is 55.4 Å². The monoisotopic (exact) mass is 353 g/mol. The zero-order chi connectivity index (χ0) is 17.3. The van der Waals surface area contributed by atoms with Gasteiger partial charge in [-0.1, -0.05) is 12.1 Å². The Labute approximate surface area is 127 Å². The third-order valence-electron chi connectivity index (χ3n) is 2.54. The SMILES string of the molecule is O=S(=O)(Nc1cc(F)ccc1F)c1ccccc1OC(F)(F)F. The molecule has 2 aromatic rings. The fourth-order valence-corrected chi connectivity index (χ4v) is 2.84. The van der Waals surface area contributed by atoms with E-state index < -0.39 is 44.4 Å². The predicted molar refractivity (Wildman–Crippen MR) is 70.3 cm³/mol. The molecule has 23 heavy (non-hydrogen) atoms. The highest BCUT2D eigenvalue weighted by Crippen LogP contribution is 2.31. The van der Waals surface area contributed by atoms with Crippen molar-refractivity contribution in [3.8, 4) is 5.75 Å². The van der Waals surface area contributed by atoms with Crippen molar-refractivity contribution < 1.29 is 35.1 Å². The molecule has 0 amide bonds. The Kier molecular flexibility index (Phi) is 4.46. The third-order valence-corrected chi connectivity index (χ3v) is 3.94. The number of alkyl halides is 3. The number of halogens is 5. The van der Waals surface area contributed by atoms with E-state index in [1.54, 1.807) is 4.72 Å².